The van der Waals surface area contributed by atoms with Gasteiger partial charge in [0.2, 0.25) is 0 Å². The van der Waals surface area contributed by atoms with Crippen LogP contribution in [0.3, 0.4) is 0 Å². The molecule has 1 saturated heterocycles. The van der Waals surface area contributed by atoms with E-state index in [1.54, 1.807) is 12.1 Å². The molecule has 254 valence electrons. The van der Waals surface area contributed by atoms with Crippen LogP contribution < -0.4 is 5.32 Å². The molecule has 0 bridgehead atoms. The van der Waals surface area contributed by atoms with E-state index in [1.807, 2.05) is 24.3 Å². The summed E-state index contributed by atoms with van der Waals surface area (Å²) in [5.74, 6) is -0.716. The molecule has 1 fully saturated rings. The van der Waals surface area contributed by atoms with Crippen molar-refractivity contribution < 1.29 is 38.8 Å². The Hall–Kier alpha value is -5.54. The summed E-state index contributed by atoms with van der Waals surface area (Å²) in [4.78, 5) is 60.1. The number of nitrogens with one attached hydrogen (secondary N) is 1. The summed E-state index contributed by atoms with van der Waals surface area (Å²) in [5, 5.41) is 37.3. The van der Waals surface area contributed by atoms with Gasteiger partial charge in [-0.1, -0.05) is 48.2 Å². The van der Waals surface area contributed by atoms with Crippen LogP contribution >= 0.6 is 11.8 Å². The normalized spacial score (nSPS) is 18.6. The van der Waals surface area contributed by atoms with Crippen LogP contribution in [-0.2, 0) is 34.0 Å². The van der Waals surface area contributed by atoms with Gasteiger partial charge in [-0.25, -0.2) is 9.59 Å². The van der Waals surface area contributed by atoms with Crippen molar-refractivity contribution in [3.8, 4) is 0 Å². The number of amides is 2. The first-order valence-corrected chi connectivity index (χ1v) is 15.9. The van der Waals surface area contributed by atoms with Crippen LogP contribution in [-0.4, -0.2) is 54.7 Å². The molecule has 15 heteroatoms. The quantitative estimate of drug-likeness (QED) is 0.143. The molecule has 0 aromatic heterocycles. The van der Waals surface area contributed by atoms with Crippen molar-refractivity contribution in [3.05, 3.63) is 127 Å². The molecule has 2 N–H and O–H groups in total. The van der Waals surface area contributed by atoms with Gasteiger partial charge in [-0.15, -0.1) is 0 Å². The maximum Gasteiger partial charge on any atom is 0.412 e. The number of nitro groups is 2. The van der Waals surface area contributed by atoms with E-state index < -0.39 is 38.9 Å². The van der Waals surface area contributed by atoms with Crippen LogP contribution in [0.5, 0.6) is 0 Å². The number of benzene rings is 4. The fourth-order valence-corrected chi connectivity index (χ4v) is 7.08. The highest BCUT2D eigenvalue weighted by atomic mass is 32.2. The van der Waals surface area contributed by atoms with Gasteiger partial charge in [0.05, 0.1) is 9.85 Å². The van der Waals surface area contributed by atoms with Crippen LogP contribution in [0.2, 0.25) is 0 Å². The molecule has 0 saturated carbocycles. The highest BCUT2D eigenvalue weighted by molar-refractivity contribution is 8.14. The highest BCUT2D eigenvalue weighted by Crippen LogP contribution is 2.48. The van der Waals surface area contributed by atoms with E-state index in [0.717, 1.165) is 28.1 Å². The number of aliphatic hydroxyl groups is 1. The Bertz CT molecular complexity index is 1900. The predicted molar refractivity (Wildman–Crippen MR) is 179 cm³/mol. The molecule has 49 heavy (non-hydrogen) atoms. The Kier molecular flexibility index (Phi) is 10.4. The number of ether oxygens (including phenoxy) is 2. The van der Waals surface area contributed by atoms with Crippen molar-refractivity contribution >= 4 is 51.2 Å². The molecular weight excluding hydrogens is 656 g/mol. The zero-order chi connectivity index (χ0) is 35.3. The van der Waals surface area contributed by atoms with Gasteiger partial charge in [0, 0.05) is 55.4 Å². The van der Waals surface area contributed by atoms with E-state index in [4.69, 9.17) is 9.47 Å². The SMILES string of the molecule is CC(=O)S[C@@H]1CN(C(=O)OCc2ccc([N+](=O)[O-])cc2)[C@@](C)(O)C1c1ccc(CNC(=O)OCc2ccc([N+](=O)[O-])cc2)c2ccccc12. The monoisotopic (exact) mass is 688 g/mol. The Morgan fingerprint density at radius 1 is 0.878 bits per heavy atom. The maximum atomic E-state index is 13.3. The fraction of sp³-hybridized carbons (Fsp3) is 0.265. The Morgan fingerprint density at radius 2 is 1.43 bits per heavy atom. The highest BCUT2D eigenvalue weighted by Gasteiger charge is 2.54. The Labute approximate surface area is 284 Å². The molecule has 1 unspecified atom stereocenters. The summed E-state index contributed by atoms with van der Waals surface area (Å²) in [7, 11) is 0. The van der Waals surface area contributed by atoms with Crippen LogP contribution in [0.1, 0.15) is 42.0 Å². The van der Waals surface area contributed by atoms with Gasteiger partial charge in [0.1, 0.15) is 18.9 Å². The summed E-state index contributed by atoms with van der Waals surface area (Å²) in [6.45, 7) is 2.77. The lowest BCUT2D eigenvalue weighted by molar-refractivity contribution is -0.385. The number of fused-ring (bicyclic) bond motifs is 1. The number of thioether (sulfide) groups is 1. The van der Waals surface area contributed by atoms with Gasteiger partial charge in [0.25, 0.3) is 11.4 Å². The van der Waals surface area contributed by atoms with Crippen LogP contribution in [0, 0.1) is 20.2 Å². The fourth-order valence-electron chi connectivity index (χ4n) is 5.89. The van der Waals surface area contributed by atoms with Crippen molar-refractivity contribution in [3.63, 3.8) is 0 Å². The number of carbonyl (C=O) groups excluding carboxylic acids is 3. The molecule has 1 aliphatic rings. The first-order chi connectivity index (χ1) is 23.3. The summed E-state index contributed by atoms with van der Waals surface area (Å²) >= 11 is 1.02. The molecule has 0 aliphatic carbocycles. The van der Waals surface area contributed by atoms with Gasteiger partial charge in [-0.3, -0.25) is 29.9 Å². The number of nitro benzene ring substituents is 2. The zero-order valence-corrected chi connectivity index (χ0v) is 27.3. The van der Waals surface area contributed by atoms with E-state index >= 15 is 0 Å². The largest absolute Gasteiger partial charge is 0.445 e. The molecule has 4 aromatic carbocycles. The average Bonchev–Trinajstić information content (AvgIpc) is 3.33. The predicted octanol–water partition coefficient (Wildman–Crippen LogP) is 6.18. The van der Waals surface area contributed by atoms with E-state index in [0.29, 0.717) is 16.7 Å². The van der Waals surface area contributed by atoms with Crippen molar-refractivity contribution in [2.75, 3.05) is 6.54 Å². The Morgan fingerprint density at radius 3 is 1.98 bits per heavy atom. The minimum atomic E-state index is -1.77. The first kappa shape index (κ1) is 34.8. The smallest absolute Gasteiger partial charge is 0.412 e. The van der Waals surface area contributed by atoms with E-state index in [9.17, 15) is 39.7 Å². The Balaban J connectivity index is 1.32. The lowest BCUT2D eigenvalue weighted by Gasteiger charge is -2.34. The van der Waals surface area contributed by atoms with Crippen LogP contribution in [0.15, 0.2) is 84.9 Å². The van der Waals surface area contributed by atoms with Gasteiger partial charge in [-0.05, 0) is 64.2 Å². The minimum absolute atomic E-state index is 0.0131. The third-order valence-corrected chi connectivity index (χ3v) is 9.30. The average molecular weight is 689 g/mol. The number of hydrogen-bond acceptors (Lipinski definition) is 11. The van der Waals surface area contributed by atoms with E-state index in [2.05, 4.69) is 5.32 Å². The summed E-state index contributed by atoms with van der Waals surface area (Å²) in [6.07, 6.45) is -1.50. The number of carbonyl (C=O) groups is 3. The third-order valence-electron chi connectivity index (χ3n) is 8.24. The van der Waals surface area contributed by atoms with Crippen molar-refractivity contribution in [2.24, 2.45) is 0 Å². The second-order valence-electron chi connectivity index (χ2n) is 11.5. The van der Waals surface area contributed by atoms with Crippen LogP contribution in [0.25, 0.3) is 10.8 Å². The van der Waals surface area contributed by atoms with Crippen LogP contribution in [0.4, 0.5) is 21.0 Å². The number of likely N-dealkylation sites (tertiary alicyclic amines) is 1. The molecule has 1 heterocycles. The number of nitrogens with zero attached hydrogens (tertiary/aromatic N) is 3. The maximum absolute atomic E-state index is 13.3. The summed E-state index contributed by atoms with van der Waals surface area (Å²) in [5.41, 5.74) is 0.605. The van der Waals surface area contributed by atoms with Gasteiger partial charge in [0.15, 0.2) is 5.12 Å². The number of rotatable bonds is 10. The third kappa shape index (κ3) is 7.96. The van der Waals surface area contributed by atoms with Gasteiger partial charge in [-0.2, -0.15) is 0 Å². The van der Waals surface area contributed by atoms with Crippen molar-refractivity contribution in [1.29, 1.82) is 0 Å². The molecule has 14 nitrogen and oxygen atoms in total. The molecular formula is C34H32N4O10S. The molecule has 0 spiro atoms. The number of non-ortho nitro benzene ring substituents is 2. The molecule has 0 radical (unpaired) electrons. The molecule has 3 atom stereocenters. The molecule has 4 aromatic rings. The van der Waals surface area contributed by atoms with Gasteiger partial charge < -0.3 is 19.9 Å². The van der Waals surface area contributed by atoms with E-state index in [1.165, 1.54) is 67.3 Å². The number of alkyl carbamates (subject to hydrolysis) is 1. The lowest BCUT2D eigenvalue weighted by atomic mass is 9.85. The summed E-state index contributed by atoms with van der Waals surface area (Å²) < 4.78 is 10.8. The number of hydrogen-bond donors (Lipinski definition) is 2. The van der Waals surface area contributed by atoms with E-state index in [-0.39, 0.29) is 42.8 Å². The minimum Gasteiger partial charge on any atom is -0.445 e. The molecule has 2 amide bonds. The second kappa shape index (κ2) is 14.7. The van der Waals surface area contributed by atoms with Gasteiger partial charge >= 0.3 is 12.2 Å². The summed E-state index contributed by atoms with van der Waals surface area (Å²) in [6, 6.07) is 22.2. The van der Waals surface area contributed by atoms with Crippen molar-refractivity contribution in [2.45, 2.75) is 50.5 Å². The topological polar surface area (TPSA) is 191 Å². The molecule has 1 aliphatic heterocycles. The first-order valence-electron chi connectivity index (χ1n) is 15.1. The lowest BCUT2D eigenvalue weighted by Crippen LogP contribution is -2.48. The zero-order valence-electron chi connectivity index (χ0n) is 26.4. The second-order valence-corrected chi connectivity index (χ2v) is 12.9. The standard InChI is InChI=1S/C34H32N4O10S/c1-21(39)49-30-18-36(33(41)48-20-23-9-14-26(15-10-23)38(45)46)34(2,42)31(30)29-16-11-24(27-5-3-4-6-28(27)29)17-35-32(40)47-19-22-7-12-25(13-8-22)37(43)44/h3-16,30-31,42H,17-20H2,1-2H3,(H,35,40)/t30-,31?,34+/m1/s1. The van der Waals surface area contributed by atoms with Crippen molar-refractivity contribution in [1.82, 2.24) is 10.2 Å². The molecule has 5 rings (SSSR count).